The van der Waals surface area contributed by atoms with Crippen molar-refractivity contribution < 1.29 is 32.0 Å². The Morgan fingerprint density at radius 2 is 1.67 bits per heavy atom. The number of epoxide rings is 1. The molecule has 76 valence electrons. The second-order valence-electron chi connectivity index (χ2n) is 3.72. The maximum atomic E-state index is 11.8. The molecule has 15 heavy (non-hydrogen) atoms. The molecule has 0 radical (unpaired) electrons. The Bertz CT molecular complexity index is 439. The molecule has 0 aliphatic carbocycles. The summed E-state index contributed by atoms with van der Waals surface area (Å²) in [6.07, 6.45) is 0. The summed E-state index contributed by atoms with van der Waals surface area (Å²) in [7, 11) is -3.38. The van der Waals surface area contributed by atoms with Crippen molar-refractivity contribution in [2.24, 2.45) is 0 Å². The van der Waals surface area contributed by atoms with Crippen LogP contribution in [0.1, 0.15) is 13.8 Å². The van der Waals surface area contributed by atoms with Crippen molar-refractivity contribution in [3.05, 3.63) is 35.8 Å². The van der Waals surface area contributed by atoms with Crippen LogP contribution in [-0.4, -0.2) is 14.0 Å². The molecule has 5 heteroatoms. The maximum Gasteiger partial charge on any atom is 1.00 e. The molecule has 0 aromatic heterocycles. The first-order valence-electron chi connectivity index (χ1n) is 4.31. The van der Waals surface area contributed by atoms with Crippen LogP contribution in [0.5, 0.6) is 0 Å². The fourth-order valence-electron chi connectivity index (χ4n) is 1.29. The molecule has 2 rings (SSSR count). The molecule has 3 nitrogen and oxygen atoms in total. The van der Waals surface area contributed by atoms with E-state index in [4.69, 9.17) is 4.74 Å². The maximum absolute atomic E-state index is 11.8. The first kappa shape index (κ1) is 12.8. The molecule has 1 aromatic rings. The minimum absolute atomic E-state index is 0. The Hall–Kier alpha value is -0.273. The van der Waals surface area contributed by atoms with E-state index < -0.39 is 15.4 Å². The van der Waals surface area contributed by atoms with Gasteiger partial charge in [-0.3, -0.25) is 8.42 Å². The second-order valence-corrected chi connectivity index (χ2v) is 5.57. The molecule has 0 saturated carbocycles. The van der Waals surface area contributed by atoms with Gasteiger partial charge in [-0.1, -0.05) is 37.6 Å². The summed E-state index contributed by atoms with van der Waals surface area (Å²) < 4.78 is 28.7. The Kier molecular flexibility index (Phi) is 3.37. The molecule has 0 bridgehead atoms. The molecule has 1 saturated heterocycles. The van der Waals surface area contributed by atoms with E-state index in [2.05, 4.69) is 0 Å². The van der Waals surface area contributed by atoms with E-state index in [0.717, 1.165) is 0 Å². The molecule has 0 amide bonds. The van der Waals surface area contributed by atoms with Crippen molar-refractivity contribution >= 4 is 9.84 Å². The SMILES string of the molecule is CC1(C)O[C-]1S(=O)(=O)c1ccccc1.[Li+]. The van der Waals surface area contributed by atoms with E-state index >= 15 is 0 Å². The fourth-order valence-corrected chi connectivity index (χ4v) is 2.99. The minimum Gasteiger partial charge on any atom is -0.547 e. The monoisotopic (exact) mass is 218 g/mol. The normalized spacial score (nSPS) is 19.3. The summed E-state index contributed by atoms with van der Waals surface area (Å²) >= 11 is 0. The van der Waals surface area contributed by atoms with Gasteiger partial charge in [-0.05, 0) is 17.6 Å². The molecule has 1 heterocycles. The number of ether oxygens (including phenoxy) is 1. The van der Waals surface area contributed by atoms with Gasteiger partial charge in [0.15, 0.2) is 0 Å². The van der Waals surface area contributed by atoms with Crippen LogP contribution >= 0.6 is 0 Å². The molecule has 1 fully saturated rings. The average Bonchev–Trinajstić information content (AvgIpc) is 2.78. The largest absolute Gasteiger partial charge is 1.00 e. The molecule has 1 aliphatic rings. The van der Waals surface area contributed by atoms with Gasteiger partial charge in [0.25, 0.3) is 0 Å². The van der Waals surface area contributed by atoms with Crippen LogP contribution in [0.15, 0.2) is 35.2 Å². The second kappa shape index (κ2) is 3.95. The van der Waals surface area contributed by atoms with Crippen LogP contribution in [0.3, 0.4) is 0 Å². The fraction of sp³-hybridized carbons (Fsp3) is 0.300. The van der Waals surface area contributed by atoms with E-state index in [9.17, 15) is 8.42 Å². The number of benzene rings is 1. The number of rotatable bonds is 2. The smallest absolute Gasteiger partial charge is 0.547 e. The van der Waals surface area contributed by atoms with E-state index in [-0.39, 0.29) is 24.3 Å². The standard InChI is InChI=1S/C10H11O3S.Li/c1-10(2)9(13-10)14(11,12)8-6-4-3-5-7-8;/h3-7H,1-2H3;/q-1;+1. The summed E-state index contributed by atoms with van der Waals surface area (Å²) in [5.74, 6) is 0. The van der Waals surface area contributed by atoms with Gasteiger partial charge in [0.05, 0.1) is 9.84 Å². The van der Waals surface area contributed by atoms with Gasteiger partial charge in [-0.2, -0.15) is 0 Å². The third-order valence-corrected chi connectivity index (χ3v) is 4.05. The molecule has 1 aromatic carbocycles. The van der Waals surface area contributed by atoms with E-state index in [0.29, 0.717) is 4.90 Å². The Morgan fingerprint density at radius 1 is 1.20 bits per heavy atom. The van der Waals surface area contributed by atoms with Gasteiger partial charge in [-0.25, -0.2) is 0 Å². The molecular formula is C10H11LiO3S. The van der Waals surface area contributed by atoms with Crippen LogP contribution in [0.2, 0.25) is 0 Å². The first-order chi connectivity index (χ1) is 6.44. The predicted octanol–water partition coefficient (Wildman–Crippen LogP) is -1.24. The summed E-state index contributed by atoms with van der Waals surface area (Å²) in [4.78, 5) is 0.292. The van der Waals surface area contributed by atoms with Gasteiger partial charge < -0.3 is 4.74 Å². The van der Waals surface area contributed by atoms with Crippen LogP contribution < -0.4 is 18.9 Å². The van der Waals surface area contributed by atoms with Crippen molar-refractivity contribution in [2.75, 3.05) is 0 Å². The Balaban J connectivity index is 0.00000112. The first-order valence-corrected chi connectivity index (χ1v) is 5.79. The van der Waals surface area contributed by atoms with Gasteiger partial charge >= 0.3 is 18.9 Å². The van der Waals surface area contributed by atoms with Crippen LogP contribution in [0, 0.1) is 5.44 Å². The number of hydrogen-bond acceptors (Lipinski definition) is 3. The average molecular weight is 218 g/mol. The molecule has 1 aliphatic heterocycles. The Labute approximate surface area is 102 Å². The summed E-state index contributed by atoms with van der Waals surface area (Å²) in [6.45, 7) is 3.48. The predicted molar refractivity (Wildman–Crippen MR) is 52.0 cm³/mol. The van der Waals surface area contributed by atoms with Gasteiger partial charge in [0.1, 0.15) is 0 Å². The minimum atomic E-state index is -3.38. The van der Waals surface area contributed by atoms with E-state index in [1.54, 1.807) is 44.2 Å². The zero-order chi connectivity index (χ0) is 10.4. The number of hydrogen-bond donors (Lipinski definition) is 0. The third kappa shape index (κ3) is 2.29. The van der Waals surface area contributed by atoms with Crippen LogP contribution in [0.25, 0.3) is 0 Å². The zero-order valence-electron chi connectivity index (χ0n) is 9.02. The molecule has 0 N–H and O–H groups in total. The van der Waals surface area contributed by atoms with Gasteiger partial charge in [-0.15, -0.1) is 0 Å². The van der Waals surface area contributed by atoms with Gasteiger partial charge in [0, 0.05) is 4.90 Å². The van der Waals surface area contributed by atoms with Crippen molar-refractivity contribution in [1.82, 2.24) is 0 Å². The third-order valence-electron chi connectivity index (χ3n) is 2.10. The van der Waals surface area contributed by atoms with Crippen LogP contribution in [-0.2, 0) is 14.6 Å². The zero-order valence-corrected chi connectivity index (χ0v) is 9.84. The van der Waals surface area contributed by atoms with Crippen molar-refractivity contribution in [3.8, 4) is 0 Å². The molecule has 0 unspecified atom stereocenters. The summed E-state index contributed by atoms with van der Waals surface area (Å²) in [6, 6.07) is 8.31. The topological polar surface area (TPSA) is 46.7 Å². The van der Waals surface area contributed by atoms with Crippen molar-refractivity contribution in [2.45, 2.75) is 24.3 Å². The Morgan fingerprint density at radius 3 is 2.07 bits per heavy atom. The molecule has 0 atom stereocenters. The van der Waals surface area contributed by atoms with Crippen molar-refractivity contribution in [3.63, 3.8) is 0 Å². The van der Waals surface area contributed by atoms with Crippen LogP contribution in [0.4, 0.5) is 0 Å². The number of sulfone groups is 1. The molecular weight excluding hydrogens is 207 g/mol. The quantitative estimate of drug-likeness (QED) is 0.354. The summed E-state index contributed by atoms with van der Waals surface area (Å²) in [5.41, 5.74) is -0.453. The van der Waals surface area contributed by atoms with Crippen molar-refractivity contribution in [1.29, 1.82) is 0 Å². The summed E-state index contributed by atoms with van der Waals surface area (Å²) in [5, 5.41) is 0. The molecule has 0 spiro atoms. The van der Waals surface area contributed by atoms with E-state index in [1.807, 2.05) is 0 Å². The van der Waals surface area contributed by atoms with E-state index in [1.165, 1.54) is 0 Å². The van der Waals surface area contributed by atoms with Gasteiger partial charge in [0.2, 0.25) is 0 Å².